The molecule has 0 fully saturated rings. The van der Waals surface area contributed by atoms with Crippen molar-refractivity contribution in [3.8, 4) is 5.75 Å². The normalized spacial score (nSPS) is 10.2. The number of aromatic nitrogens is 2. The van der Waals surface area contributed by atoms with Crippen LogP contribution in [0.15, 0.2) is 67.1 Å². The Bertz CT molecular complexity index is 868. The van der Waals surface area contributed by atoms with Crippen LogP contribution in [0.3, 0.4) is 0 Å². The summed E-state index contributed by atoms with van der Waals surface area (Å²) in [7, 11) is 1.65. The monoisotopic (exact) mass is 348 g/mol. The molecule has 6 heteroatoms. The van der Waals surface area contributed by atoms with E-state index in [1.54, 1.807) is 31.8 Å². The van der Waals surface area contributed by atoms with Gasteiger partial charge in [0.15, 0.2) is 0 Å². The van der Waals surface area contributed by atoms with Crippen LogP contribution in [-0.2, 0) is 13.1 Å². The number of ether oxygens (including phenoxy) is 1. The Morgan fingerprint density at radius 1 is 1.08 bits per heavy atom. The number of carbonyl (C=O) groups excluding carboxylic acids is 1. The van der Waals surface area contributed by atoms with Crippen LogP contribution >= 0.6 is 0 Å². The Kier molecular flexibility index (Phi) is 5.77. The second-order valence-corrected chi connectivity index (χ2v) is 5.63. The molecule has 0 saturated carbocycles. The van der Waals surface area contributed by atoms with Crippen molar-refractivity contribution in [1.29, 1.82) is 0 Å². The molecule has 3 aromatic rings. The maximum Gasteiger partial charge on any atom is 0.253 e. The third-order valence-corrected chi connectivity index (χ3v) is 3.83. The lowest BCUT2D eigenvalue weighted by atomic mass is 10.2. The van der Waals surface area contributed by atoms with Crippen molar-refractivity contribution in [3.63, 3.8) is 0 Å². The van der Waals surface area contributed by atoms with E-state index >= 15 is 0 Å². The minimum atomic E-state index is -0.191. The first-order valence-corrected chi connectivity index (χ1v) is 8.25. The number of methoxy groups -OCH3 is 1. The second-order valence-electron chi connectivity index (χ2n) is 5.63. The van der Waals surface area contributed by atoms with Gasteiger partial charge in [0.05, 0.1) is 30.6 Å². The van der Waals surface area contributed by atoms with E-state index < -0.39 is 0 Å². The molecule has 26 heavy (non-hydrogen) atoms. The summed E-state index contributed by atoms with van der Waals surface area (Å²) in [5.74, 6) is 0.626. The minimum absolute atomic E-state index is 0.191. The number of benzene rings is 1. The average Bonchev–Trinajstić information content (AvgIpc) is 2.71. The zero-order valence-electron chi connectivity index (χ0n) is 14.5. The van der Waals surface area contributed by atoms with E-state index in [-0.39, 0.29) is 5.91 Å². The number of pyridine rings is 2. The van der Waals surface area contributed by atoms with Crippen LogP contribution in [0.25, 0.3) is 0 Å². The summed E-state index contributed by atoms with van der Waals surface area (Å²) in [6.45, 7) is 0.948. The fourth-order valence-corrected chi connectivity index (χ4v) is 2.48. The molecular weight excluding hydrogens is 328 g/mol. The standard InChI is InChI=1S/C20H20N4O2/c1-26-19-8-3-2-6-15(19)12-23-18-10-16(11-21-13-18)20(25)24-14-17-7-4-5-9-22-17/h2-11,13,23H,12,14H2,1H3,(H,24,25). The van der Waals surface area contributed by atoms with E-state index in [9.17, 15) is 4.79 Å². The van der Waals surface area contributed by atoms with Crippen LogP contribution in [0.2, 0.25) is 0 Å². The number of nitrogens with zero attached hydrogens (tertiary/aromatic N) is 2. The lowest BCUT2D eigenvalue weighted by Gasteiger charge is -2.11. The number of rotatable bonds is 7. The number of nitrogens with one attached hydrogen (secondary N) is 2. The quantitative estimate of drug-likeness (QED) is 0.686. The molecule has 1 aromatic carbocycles. The van der Waals surface area contributed by atoms with E-state index in [4.69, 9.17) is 4.74 Å². The Balaban J connectivity index is 1.61. The van der Waals surface area contributed by atoms with Crippen LogP contribution in [-0.4, -0.2) is 23.0 Å². The molecule has 0 bridgehead atoms. The van der Waals surface area contributed by atoms with Gasteiger partial charge in [0.2, 0.25) is 0 Å². The zero-order chi connectivity index (χ0) is 18.2. The minimum Gasteiger partial charge on any atom is -0.496 e. The van der Waals surface area contributed by atoms with Crippen molar-refractivity contribution in [3.05, 3.63) is 83.9 Å². The highest BCUT2D eigenvalue weighted by Crippen LogP contribution is 2.19. The van der Waals surface area contributed by atoms with Crippen LogP contribution < -0.4 is 15.4 Å². The first-order chi connectivity index (χ1) is 12.8. The topological polar surface area (TPSA) is 76.1 Å². The van der Waals surface area contributed by atoms with Gasteiger partial charge >= 0.3 is 0 Å². The van der Waals surface area contributed by atoms with Gasteiger partial charge < -0.3 is 15.4 Å². The van der Waals surface area contributed by atoms with Crippen molar-refractivity contribution >= 4 is 11.6 Å². The van der Waals surface area contributed by atoms with Crippen molar-refractivity contribution in [2.45, 2.75) is 13.1 Å². The van der Waals surface area contributed by atoms with Gasteiger partial charge in [0.1, 0.15) is 5.75 Å². The average molecular weight is 348 g/mol. The molecule has 6 nitrogen and oxygen atoms in total. The molecule has 132 valence electrons. The molecule has 0 unspecified atom stereocenters. The molecule has 2 N–H and O–H groups in total. The number of amides is 1. The van der Waals surface area contributed by atoms with Crippen molar-refractivity contribution in [2.24, 2.45) is 0 Å². The molecule has 1 amide bonds. The molecular formula is C20H20N4O2. The van der Waals surface area contributed by atoms with E-state index in [0.29, 0.717) is 18.7 Å². The van der Waals surface area contributed by atoms with Gasteiger partial charge in [-0.2, -0.15) is 0 Å². The Morgan fingerprint density at radius 2 is 1.92 bits per heavy atom. The fraction of sp³-hybridized carbons (Fsp3) is 0.150. The highest BCUT2D eigenvalue weighted by molar-refractivity contribution is 5.94. The van der Waals surface area contributed by atoms with Crippen molar-refractivity contribution in [1.82, 2.24) is 15.3 Å². The molecule has 0 radical (unpaired) electrons. The van der Waals surface area contributed by atoms with E-state index in [0.717, 1.165) is 22.7 Å². The summed E-state index contributed by atoms with van der Waals surface area (Å²) >= 11 is 0. The van der Waals surface area contributed by atoms with Gasteiger partial charge in [-0.1, -0.05) is 24.3 Å². The molecule has 0 aliphatic rings. The Labute approximate surface area is 152 Å². The van der Waals surface area contributed by atoms with Crippen LogP contribution in [0.4, 0.5) is 5.69 Å². The summed E-state index contributed by atoms with van der Waals surface area (Å²) in [5, 5.41) is 6.12. The molecule has 0 aliphatic heterocycles. The summed E-state index contributed by atoms with van der Waals surface area (Å²) in [4.78, 5) is 20.7. The Morgan fingerprint density at radius 3 is 2.73 bits per heavy atom. The molecule has 0 spiro atoms. The van der Waals surface area contributed by atoms with Crippen LogP contribution in [0.5, 0.6) is 5.75 Å². The summed E-state index contributed by atoms with van der Waals surface area (Å²) in [6, 6.07) is 15.2. The highest BCUT2D eigenvalue weighted by Gasteiger charge is 2.08. The van der Waals surface area contributed by atoms with Crippen molar-refractivity contribution < 1.29 is 9.53 Å². The first kappa shape index (κ1) is 17.4. The number of anilines is 1. The largest absolute Gasteiger partial charge is 0.496 e. The van der Waals surface area contributed by atoms with Crippen LogP contribution in [0.1, 0.15) is 21.6 Å². The van der Waals surface area contributed by atoms with Gasteiger partial charge in [0, 0.05) is 30.7 Å². The van der Waals surface area contributed by atoms with Crippen molar-refractivity contribution in [2.75, 3.05) is 12.4 Å². The molecule has 0 atom stereocenters. The van der Waals surface area contributed by atoms with Gasteiger partial charge in [-0.25, -0.2) is 0 Å². The second kappa shape index (κ2) is 8.62. The maximum atomic E-state index is 12.3. The van der Waals surface area contributed by atoms with E-state index in [1.165, 1.54) is 0 Å². The van der Waals surface area contributed by atoms with Gasteiger partial charge in [-0.05, 0) is 24.3 Å². The summed E-state index contributed by atoms with van der Waals surface area (Å²) in [6.07, 6.45) is 4.93. The Hall–Kier alpha value is -3.41. The van der Waals surface area contributed by atoms with E-state index in [1.807, 2.05) is 42.5 Å². The number of hydrogen-bond acceptors (Lipinski definition) is 5. The molecule has 3 rings (SSSR count). The van der Waals surface area contributed by atoms with Gasteiger partial charge in [-0.15, -0.1) is 0 Å². The highest BCUT2D eigenvalue weighted by atomic mass is 16.5. The molecule has 2 heterocycles. The first-order valence-electron chi connectivity index (χ1n) is 8.25. The number of hydrogen-bond donors (Lipinski definition) is 2. The summed E-state index contributed by atoms with van der Waals surface area (Å²) in [5.41, 5.74) is 3.09. The smallest absolute Gasteiger partial charge is 0.253 e. The van der Waals surface area contributed by atoms with Gasteiger partial charge in [-0.3, -0.25) is 14.8 Å². The number of carbonyl (C=O) groups is 1. The lowest BCUT2D eigenvalue weighted by Crippen LogP contribution is -2.23. The van der Waals surface area contributed by atoms with Gasteiger partial charge in [0.25, 0.3) is 5.91 Å². The lowest BCUT2D eigenvalue weighted by molar-refractivity contribution is 0.0950. The fourth-order valence-electron chi connectivity index (χ4n) is 2.48. The third kappa shape index (κ3) is 4.57. The molecule has 0 aliphatic carbocycles. The molecule has 2 aromatic heterocycles. The third-order valence-electron chi connectivity index (χ3n) is 3.83. The van der Waals surface area contributed by atoms with Crippen LogP contribution in [0, 0.1) is 0 Å². The predicted octanol–water partition coefficient (Wildman–Crippen LogP) is 3.03. The summed E-state index contributed by atoms with van der Waals surface area (Å²) < 4.78 is 5.34. The predicted molar refractivity (Wildman–Crippen MR) is 100.0 cm³/mol. The number of para-hydroxylation sites is 1. The molecule has 0 saturated heterocycles. The SMILES string of the molecule is COc1ccccc1CNc1cncc(C(=O)NCc2ccccn2)c1. The zero-order valence-corrected chi connectivity index (χ0v) is 14.5. The van der Waals surface area contributed by atoms with E-state index in [2.05, 4.69) is 20.6 Å². The maximum absolute atomic E-state index is 12.3.